The fourth-order valence-corrected chi connectivity index (χ4v) is 3.62. The molecule has 0 radical (unpaired) electrons. The lowest BCUT2D eigenvalue weighted by molar-refractivity contribution is 0.189. The molecule has 0 spiro atoms. The Bertz CT molecular complexity index is 480. The van der Waals surface area contributed by atoms with Crippen LogP contribution in [0.1, 0.15) is 55.7 Å². The minimum absolute atomic E-state index is 0.141. The van der Waals surface area contributed by atoms with Gasteiger partial charge in [0.2, 0.25) is 0 Å². The van der Waals surface area contributed by atoms with Gasteiger partial charge >= 0.3 is 6.03 Å². The molecule has 2 fully saturated rings. The van der Waals surface area contributed by atoms with E-state index in [2.05, 4.69) is 36.5 Å². The van der Waals surface area contributed by atoms with Crippen LogP contribution in [0.5, 0.6) is 0 Å². The number of carbonyl (C=O) groups excluding carboxylic acids is 1. The maximum absolute atomic E-state index is 12.5. The molecule has 2 amide bonds. The first-order valence-corrected chi connectivity index (χ1v) is 7.88. The number of nitrogens with zero attached hydrogens (tertiary/aromatic N) is 1. The fourth-order valence-electron chi connectivity index (χ4n) is 3.62. The molecule has 108 valence electrons. The Balaban J connectivity index is 1.72. The van der Waals surface area contributed by atoms with E-state index in [1.807, 2.05) is 4.90 Å². The summed E-state index contributed by atoms with van der Waals surface area (Å²) in [5.74, 6) is 0. The van der Waals surface area contributed by atoms with E-state index in [1.54, 1.807) is 0 Å². The number of amides is 2. The van der Waals surface area contributed by atoms with E-state index in [4.69, 9.17) is 0 Å². The number of carbonyl (C=O) groups is 1. The predicted molar refractivity (Wildman–Crippen MR) is 80.6 cm³/mol. The number of rotatable bonds is 2. The molecule has 1 aliphatic heterocycles. The van der Waals surface area contributed by atoms with E-state index >= 15 is 0 Å². The van der Waals surface area contributed by atoms with Gasteiger partial charge in [-0.05, 0) is 43.7 Å². The van der Waals surface area contributed by atoms with E-state index < -0.39 is 0 Å². The summed E-state index contributed by atoms with van der Waals surface area (Å²) >= 11 is 0. The Hall–Kier alpha value is -1.51. The molecule has 0 unspecified atom stereocenters. The number of benzene rings is 1. The highest BCUT2D eigenvalue weighted by Gasteiger charge is 2.31. The van der Waals surface area contributed by atoms with E-state index in [0.717, 1.165) is 32.2 Å². The van der Waals surface area contributed by atoms with Crippen LogP contribution in [-0.4, -0.2) is 23.5 Å². The molecule has 3 rings (SSSR count). The maximum Gasteiger partial charge on any atom is 0.318 e. The molecule has 3 heteroatoms. The maximum atomic E-state index is 12.5. The van der Waals surface area contributed by atoms with Crippen LogP contribution in [0.25, 0.3) is 0 Å². The molecule has 2 aliphatic rings. The van der Waals surface area contributed by atoms with Crippen LogP contribution in [-0.2, 0) is 0 Å². The van der Waals surface area contributed by atoms with E-state index in [1.165, 1.54) is 24.0 Å². The summed E-state index contributed by atoms with van der Waals surface area (Å²) < 4.78 is 0. The molecule has 1 saturated heterocycles. The molecule has 1 N–H and O–H groups in total. The van der Waals surface area contributed by atoms with E-state index in [0.29, 0.717) is 6.04 Å². The lowest BCUT2D eigenvalue weighted by Crippen LogP contribution is -2.43. The minimum Gasteiger partial charge on any atom is -0.335 e. The van der Waals surface area contributed by atoms with Crippen molar-refractivity contribution in [2.45, 2.75) is 57.5 Å². The van der Waals surface area contributed by atoms with Crippen molar-refractivity contribution < 1.29 is 4.79 Å². The fraction of sp³-hybridized carbons (Fsp3) is 0.588. The van der Waals surface area contributed by atoms with Crippen molar-refractivity contribution in [3.05, 3.63) is 35.4 Å². The molecule has 1 aliphatic carbocycles. The monoisotopic (exact) mass is 272 g/mol. The third kappa shape index (κ3) is 2.67. The summed E-state index contributed by atoms with van der Waals surface area (Å²) in [5.41, 5.74) is 2.60. The average molecular weight is 272 g/mol. The van der Waals surface area contributed by atoms with Gasteiger partial charge in [-0.1, -0.05) is 37.1 Å². The first-order valence-electron chi connectivity index (χ1n) is 7.88. The second-order valence-corrected chi connectivity index (χ2v) is 6.14. The average Bonchev–Trinajstić information content (AvgIpc) is 3.09. The largest absolute Gasteiger partial charge is 0.335 e. The first kappa shape index (κ1) is 13.5. The number of aryl methyl sites for hydroxylation is 1. The highest BCUT2D eigenvalue weighted by molar-refractivity contribution is 5.75. The molecule has 1 aromatic carbocycles. The standard InChI is InChI=1S/C17H24N2O/c1-13-7-2-5-10-15(13)16-11-6-12-19(16)17(20)18-14-8-3-4-9-14/h2,5,7,10,14,16H,3-4,6,8-9,11-12H2,1H3,(H,18,20)/t16-/m1/s1. The van der Waals surface area contributed by atoms with Crippen molar-refractivity contribution in [2.75, 3.05) is 6.54 Å². The summed E-state index contributed by atoms with van der Waals surface area (Å²) in [4.78, 5) is 14.6. The van der Waals surface area contributed by atoms with Crippen LogP contribution in [0.2, 0.25) is 0 Å². The molecule has 20 heavy (non-hydrogen) atoms. The summed E-state index contributed by atoms with van der Waals surface area (Å²) in [6.45, 7) is 3.03. The zero-order valence-electron chi connectivity index (χ0n) is 12.3. The molecular formula is C17H24N2O. The Morgan fingerprint density at radius 2 is 1.90 bits per heavy atom. The SMILES string of the molecule is Cc1ccccc1[C@H]1CCCN1C(=O)NC1CCCC1. The second-order valence-electron chi connectivity index (χ2n) is 6.14. The third-order valence-corrected chi connectivity index (χ3v) is 4.74. The Labute approximate surface area is 121 Å². The number of hydrogen-bond acceptors (Lipinski definition) is 1. The van der Waals surface area contributed by atoms with Gasteiger partial charge in [0.1, 0.15) is 0 Å². The quantitative estimate of drug-likeness (QED) is 0.873. The molecule has 1 aromatic rings. The van der Waals surface area contributed by atoms with Gasteiger partial charge in [0.25, 0.3) is 0 Å². The Morgan fingerprint density at radius 3 is 2.65 bits per heavy atom. The second kappa shape index (κ2) is 5.86. The van der Waals surface area contributed by atoms with Crippen LogP contribution >= 0.6 is 0 Å². The lowest BCUT2D eigenvalue weighted by Gasteiger charge is -2.28. The molecule has 3 nitrogen and oxygen atoms in total. The van der Waals surface area contributed by atoms with Crippen molar-refractivity contribution >= 4 is 6.03 Å². The zero-order valence-corrected chi connectivity index (χ0v) is 12.3. The molecule has 0 bridgehead atoms. The van der Waals surface area contributed by atoms with Crippen LogP contribution in [0, 0.1) is 6.92 Å². The molecule has 1 saturated carbocycles. The van der Waals surface area contributed by atoms with Gasteiger partial charge in [-0.3, -0.25) is 0 Å². The Kier molecular flexibility index (Phi) is 3.95. The minimum atomic E-state index is 0.141. The van der Waals surface area contributed by atoms with Gasteiger partial charge in [-0.2, -0.15) is 0 Å². The number of likely N-dealkylation sites (tertiary alicyclic amines) is 1. The first-order chi connectivity index (χ1) is 9.75. The summed E-state index contributed by atoms with van der Waals surface area (Å²) in [5, 5.41) is 3.23. The van der Waals surface area contributed by atoms with Crippen LogP contribution in [0.4, 0.5) is 4.79 Å². The topological polar surface area (TPSA) is 32.3 Å². The molecule has 1 heterocycles. The van der Waals surface area contributed by atoms with Crippen molar-refractivity contribution in [1.29, 1.82) is 0 Å². The predicted octanol–water partition coefficient (Wildman–Crippen LogP) is 3.78. The van der Waals surface area contributed by atoms with Gasteiger partial charge in [0.15, 0.2) is 0 Å². The number of hydrogen-bond donors (Lipinski definition) is 1. The normalized spacial score (nSPS) is 23.2. The van der Waals surface area contributed by atoms with E-state index in [9.17, 15) is 4.79 Å². The highest BCUT2D eigenvalue weighted by Crippen LogP contribution is 2.33. The van der Waals surface area contributed by atoms with Crippen LogP contribution < -0.4 is 5.32 Å². The number of nitrogens with one attached hydrogen (secondary N) is 1. The van der Waals surface area contributed by atoms with Crippen molar-refractivity contribution in [2.24, 2.45) is 0 Å². The van der Waals surface area contributed by atoms with Crippen molar-refractivity contribution in [3.8, 4) is 0 Å². The van der Waals surface area contributed by atoms with E-state index in [-0.39, 0.29) is 12.1 Å². The third-order valence-electron chi connectivity index (χ3n) is 4.74. The molecular weight excluding hydrogens is 248 g/mol. The van der Waals surface area contributed by atoms with Crippen LogP contribution in [0.15, 0.2) is 24.3 Å². The highest BCUT2D eigenvalue weighted by atomic mass is 16.2. The summed E-state index contributed by atoms with van der Waals surface area (Å²) in [7, 11) is 0. The summed E-state index contributed by atoms with van der Waals surface area (Å²) in [6, 6.07) is 9.26. The van der Waals surface area contributed by atoms with Gasteiger partial charge in [-0.15, -0.1) is 0 Å². The van der Waals surface area contributed by atoms with Crippen molar-refractivity contribution in [1.82, 2.24) is 10.2 Å². The zero-order chi connectivity index (χ0) is 13.9. The summed E-state index contributed by atoms with van der Waals surface area (Å²) in [6.07, 6.45) is 7.00. The smallest absolute Gasteiger partial charge is 0.318 e. The van der Waals surface area contributed by atoms with Gasteiger partial charge in [-0.25, -0.2) is 4.79 Å². The Morgan fingerprint density at radius 1 is 1.15 bits per heavy atom. The van der Waals surface area contributed by atoms with Crippen LogP contribution in [0.3, 0.4) is 0 Å². The van der Waals surface area contributed by atoms with Crippen molar-refractivity contribution in [3.63, 3.8) is 0 Å². The van der Waals surface area contributed by atoms with Gasteiger partial charge in [0.05, 0.1) is 6.04 Å². The van der Waals surface area contributed by atoms with Gasteiger partial charge in [0, 0.05) is 12.6 Å². The number of urea groups is 1. The lowest BCUT2D eigenvalue weighted by atomic mass is 9.99. The van der Waals surface area contributed by atoms with Gasteiger partial charge < -0.3 is 10.2 Å². The molecule has 0 aromatic heterocycles. The molecule has 1 atom stereocenters.